The lowest BCUT2D eigenvalue weighted by Crippen LogP contribution is -2.10. The Kier molecular flexibility index (Phi) is 3.67. The topological polar surface area (TPSA) is 59.1 Å². The number of halogens is 1. The van der Waals surface area contributed by atoms with E-state index >= 15 is 0 Å². The second-order valence-corrected chi connectivity index (χ2v) is 7.70. The predicted octanol–water partition coefficient (Wildman–Crippen LogP) is 4.78. The Bertz CT molecular complexity index is 945. The van der Waals surface area contributed by atoms with Crippen LogP contribution in [0, 0.1) is 0 Å². The van der Waals surface area contributed by atoms with E-state index in [0.717, 1.165) is 28.6 Å². The van der Waals surface area contributed by atoms with E-state index in [1.807, 2.05) is 24.3 Å². The van der Waals surface area contributed by atoms with Gasteiger partial charge in [-0.05, 0) is 18.9 Å². The lowest BCUT2D eigenvalue weighted by atomic mass is 10.0. The number of Topliss-reactive ketones (excluding diaryl/α,β-unsaturated/α-hetero) is 1. The van der Waals surface area contributed by atoms with E-state index < -0.39 is 0 Å². The third-order valence-electron chi connectivity index (χ3n) is 3.73. The molecular formula is C16H11ClN2O2S2. The Morgan fingerprint density at radius 1 is 1.22 bits per heavy atom. The molecule has 0 radical (unpaired) electrons. The molecule has 0 unspecified atom stereocenters. The van der Waals surface area contributed by atoms with Crippen LogP contribution in [0.2, 0.25) is 5.02 Å². The van der Waals surface area contributed by atoms with Gasteiger partial charge in [0.1, 0.15) is 4.88 Å². The first kappa shape index (κ1) is 14.8. The predicted molar refractivity (Wildman–Crippen MR) is 94.2 cm³/mol. The van der Waals surface area contributed by atoms with Crippen LogP contribution in [0.15, 0.2) is 24.3 Å². The maximum atomic E-state index is 12.5. The van der Waals surface area contributed by atoms with Gasteiger partial charge in [0.2, 0.25) is 0 Å². The van der Waals surface area contributed by atoms with Gasteiger partial charge in [-0.1, -0.05) is 41.1 Å². The maximum absolute atomic E-state index is 12.5. The first-order chi connectivity index (χ1) is 11.1. The van der Waals surface area contributed by atoms with Gasteiger partial charge in [-0.3, -0.25) is 14.9 Å². The van der Waals surface area contributed by atoms with E-state index in [2.05, 4.69) is 10.3 Å². The largest absolute Gasteiger partial charge is 0.297 e. The lowest BCUT2D eigenvalue weighted by Gasteiger charge is -2.05. The number of rotatable bonds is 2. The molecule has 0 aliphatic heterocycles. The minimum Gasteiger partial charge on any atom is -0.297 e. The number of thiophene rings is 1. The highest BCUT2D eigenvalue weighted by atomic mass is 35.5. The molecule has 3 aromatic rings. The SMILES string of the molecule is O=C1CCCc2nc(NC(=O)c3sc4ccccc4c3Cl)sc21. The number of nitrogens with one attached hydrogen (secondary N) is 1. The van der Waals surface area contributed by atoms with Crippen molar-refractivity contribution in [3.63, 3.8) is 0 Å². The molecule has 2 heterocycles. The van der Waals surface area contributed by atoms with E-state index in [-0.39, 0.29) is 11.7 Å². The number of nitrogens with zero attached hydrogens (tertiary/aromatic N) is 1. The maximum Gasteiger partial charge on any atom is 0.269 e. The Hall–Kier alpha value is -1.76. The summed E-state index contributed by atoms with van der Waals surface area (Å²) in [6.07, 6.45) is 2.17. The van der Waals surface area contributed by atoms with E-state index in [1.165, 1.54) is 22.7 Å². The summed E-state index contributed by atoms with van der Waals surface area (Å²) in [6.45, 7) is 0. The highest BCUT2D eigenvalue weighted by molar-refractivity contribution is 7.22. The van der Waals surface area contributed by atoms with Crippen molar-refractivity contribution < 1.29 is 9.59 Å². The molecule has 0 atom stereocenters. The van der Waals surface area contributed by atoms with Gasteiger partial charge in [0.25, 0.3) is 5.91 Å². The molecule has 0 saturated carbocycles. The molecule has 116 valence electrons. The molecular weight excluding hydrogens is 352 g/mol. The molecule has 4 rings (SSSR count). The number of ketones is 1. The highest BCUT2D eigenvalue weighted by Crippen LogP contribution is 2.36. The van der Waals surface area contributed by atoms with Gasteiger partial charge in [0.05, 0.1) is 15.6 Å². The quantitative estimate of drug-likeness (QED) is 0.713. The summed E-state index contributed by atoms with van der Waals surface area (Å²) in [7, 11) is 0. The number of benzene rings is 1. The van der Waals surface area contributed by atoms with Crippen LogP contribution in [-0.2, 0) is 6.42 Å². The second-order valence-electron chi connectivity index (χ2n) is 5.27. The summed E-state index contributed by atoms with van der Waals surface area (Å²) in [6, 6.07) is 7.63. The van der Waals surface area contributed by atoms with E-state index in [4.69, 9.17) is 11.6 Å². The number of aryl methyl sites for hydroxylation is 1. The number of thiazole rings is 1. The monoisotopic (exact) mass is 362 g/mol. The number of aromatic nitrogens is 1. The van der Waals surface area contributed by atoms with Crippen LogP contribution >= 0.6 is 34.3 Å². The third-order valence-corrected chi connectivity index (χ3v) is 6.46. The molecule has 0 fully saturated rings. The van der Waals surface area contributed by atoms with Crippen molar-refractivity contribution in [2.75, 3.05) is 5.32 Å². The number of anilines is 1. The van der Waals surface area contributed by atoms with Crippen molar-refractivity contribution in [1.82, 2.24) is 4.98 Å². The smallest absolute Gasteiger partial charge is 0.269 e. The number of hydrogen-bond acceptors (Lipinski definition) is 5. The van der Waals surface area contributed by atoms with Gasteiger partial charge >= 0.3 is 0 Å². The van der Waals surface area contributed by atoms with Crippen molar-refractivity contribution in [1.29, 1.82) is 0 Å². The summed E-state index contributed by atoms with van der Waals surface area (Å²) in [5, 5.41) is 4.57. The molecule has 2 aromatic heterocycles. The van der Waals surface area contributed by atoms with Gasteiger partial charge in [-0.2, -0.15) is 0 Å². The van der Waals surface area contributed by atoms with Crippen LogP contribution in [0.4, 0.5) is 5.13 Å². The Balaban J connectivity index is 1.65. The zero-order chi connectivity index (χ0) is 16.0. The summed E-state index contributed by atoms with van der Waals surface area (Å²) in [5.41, 5.74) is 0.795. The van der Waals surface area contributed by atoms with Crippen LogP contribution in [0.1, 0.15) is 37.9 Å². The first-order valence-corrected chi connectivity index (χ1v) is 9.16. The molecule has 1 N–H and O–H groups in total. The zero-order valence-corrected chi connectivity index (χ0v) is 14.3. The number of fused-ring (bicyclic) bond motifs is 2. The van der Waals surface area contributed by atoms with Gasteiger partial charge in [0, 0.05) is 16.5 Å². The van der Waals surface area contributed by atoms with E-state index in [9.17, 15) is 9.59 Å². The van der Waals surface area contributed by atoms with Crippen LogP contribution in [0.3, 0.4) is 0 Å². The number of hydrogen-bond donors (Lipinski definition) is 1. The van der Waals surface area contributed by atoms with Gasteiger partial charge in [-0.15, -0.1) is 11.3 Å². The molecule has 0 bridgehead atoms. The van der Waals surface area contributed by atoms with Crippen molar-refractivity contribution in [3.05, 3.63) is 44.7 Å². The molecule has 1 aromatic carbocycles. The molecule has 7 heteroatoms. The highest BCUT2D eigenvalue weighted by Gasteiger charge is 2.24. The molecule has 1 aliphatic rings. The van der Waals surface area contributed by atoms with E-state index in [1.54, 1.807) is 0 Å². The van der Waals surface area contributed by atoms with Gasteiger partial charge in [-0.25, -0.2) is 4.98 Å². The Morgan fingerprint density at radius 2 is 2.04 bits per heavy atom. The minimum atomic E-state index is -0.283. The molecule has 23 heavy (non-hydrogen) atoms. The molecule has 4 nitrogen and oxygen atoms in total. The number of carbonyl (C=O) groups excluding carboxylic acids is 2. The first-order valence-electron chi connectivity index (χ1n) is 7.15. The normalized spacial score (nSPS) is 14.0. The van der Waals surface area contributed by atoms with Crippen LogP contribution in [-0.4, -0.2) is 16.7 Å². The lowest BCUT2D eigenvalue weighted by molar-refractivity contribution is 0.0975. The molecule has 0 spiro atoms. The summed E-state index contributed by atoms with van der Waals surface area (Å²) < 4.78 is 0.969. The third kappa shape index (κ3) is 2.56. The Labute approximate surface area is 145 Å². The number of carbonyl (C=O) groups is 2. The minimum absolute atomic E-state index is 0.115. The van der Waals surface area contributed by atoms with Crippen LogP contribution in [0.25, 0.3) is 10.1 Å². The van der Waals surface area contributed by atoms with Crippen LogP contribution in [0.5, 0.6) is 0 Å². The molecule has 1 amide bonds. The molecule has 1 aliphatic carbocycles. The van der Waals surface area contributed by atoms with Crippen molar-refractivity contribution in [3.8, 4) is 0 Å². The number of amides is 1. The standard InChI is InChI=1S/C16H11ClN2O2S2/c17-12-8-4-1-2-7-11(8)22-14(12)15(21)19-16-18-9-5-3-6-10(20)13(9)23-16/h1-2,4,7H,3,5-6H2,(H,18,19,21). The van der Waals surface area contributed by atoms with Crippen molar-refractivity contribution in [2.45, 2.75) is 19.3 Å². The second kappa shape index (κ2) is 5.70. The van der Waals surface area contributed by atoms with Gasteiger partial charge in [0.15, 0.2) is 10.9 Å². The summed E-state index contributed by atoms with van der Waals surface area (Å²) in [4.78, 5) is 29.9. The average Bonchev–Trinajstić information content (AvgIpc) is 3.10. The van der Waals surface area contributed by atoms with Crippen LogP contribution < -0.4 is 5.32 Å². The van der Waals surface area contributed by atoms with E-state index in [0.29, 0.717) is 26.3 Å². The van der Waals surface area contributed by atoms with Crippen molar-refractivity contribution >= 4 is 61.2 Å². The van der Waals surface area contributed by atoms with Gasteiger partial charge < -0.3 is 0 Å². The fourth-order valence-corrected chi connectivity index (χ4v) is 5.02. The summed E-state index contributed by atoms with van der Waals surface area (Å²) >= 11 is 8.92. The zero-order valence-electron chi connectivity index (χ0n) is 11.9. The van der Waals surface area contributed by atoms with Crippen molar-refractivity contribution in [2.24, 2.45) is 0 Å². The summed E-state index contributed by atoms with van der Waals surface area (Å²) in [5.74, 6) is -0.168. The fraction of sp³-hybridized carbons (Fsp3) is 0.188. The fourth-order valence-electron chi connectivity index (χ4n) is 2.64. The average molecular weight is 363 g/mol. The Morgan fingerprint density at radius 3 is 2.83 bits per heavy atom. The molecule has 0 saturated heterocycles.